The highest BCUT2D eigenvalue weighted by Crippen LogP contribution is 2.32. The number of aryl methyl sites for hydroxylation is 1. The van der Waals surface area contributed by atoms with E-state index in [-0.39, 0.29) is 17.3 Å². The molecule has 8 nitrogen and oxygen atoms in total. The topological polar surface area (TPSA) is 111 Å². The summed E-state index contributed by atoms with van der Waals surface area (Å²) in [6.45, 7) is 2.00. The van der Waals surface area contributed by atoms with E-state index in [4.69, 9.17) is 4.74 Å². The molecule has 0 spiro atoms. The third kappa shape index (κ3) is 5.30. The molecule has 10 heteroatoms. The summed E-state index contributed by atoms with van der Waals surface area (Å²) in [5, 5.41) is 11.3. The van der Waals surface area contributed by atoms with E-state index in [0.29, 0.717) is 24.0 Å². The van der Waals surface area contributed by atoms with E-state index in [9.17, 15) is 22.7 Å². The average Bonchev–Trinajstić information content (AvgIpc) is 2.88. The van der Waals surface area contributed by atoms with E-state index in [1.807, 2.05) is 37.3 Å². The Balaban J connectivity index is 1.86. The zero-order chi connectivity index (χ0) is 26.6. The van der Waals surface area contributed by atoms with Crippen LogP contribution in [0.3, 0.4) is 0 Å². The van der Waals surface area contributed by atoms with Crippen LogP contribution in [0.2, 0.25) is 0 Å². The minimum absolute atomic E-state index is 0.106. The smallest absolute Gasteiger partial charge is 0.296 e. The summed E-state index contributed by atoms with van der Waals surface area (Å²) >= 11 is 0. The summed E-state index contributed by atoms with van der Waals surface area (Å²) in [5.41, 5.74) is 0.705. The second-order valence-corrected chi connectivity index (χ2v) is 10.3. The van der Waals surface area contributed by atoms with Gasteiger partial charge in [-0.15, -0.1) is 0 Å². The first kappa shape index (κ1) is 26.2. The lowest BCUT2D eigenvalue weighted by atomic mass is 10.1. The third-order valence-corrected chi connectivity index (χ3v) is 7.69. The largest absolute Gasteiger partial charge is 0.493 e. The van der Waals surface area contributed by atoms with E-state index >= 15 is 0 Å². The first-order valence-electron chi connectivity index (χ1n) is 11.6. The van der Waals surface area contributed by atoms with E-state index < -0.39 is 38.0 Å². The van der Waals surface area contributed by atoms with Crippen molar-refractivity contribution < 1.29 is 22.7 Å². The van der Waals surface area contributed by atoms with Gasteiger partial charge in [-0.25, -0.2) is 12.8 Å². The summed E-state index contributed by atoms with van der Waals surface area (Å²) in [6.07, 6.45) is 3.47. The SMILES string of the molecule is CCCc1nc(=O)c(S(=O)(=O)c2ccc(-c3cncc(F)c3)cc2)c(O)n1C(COC)c1ccccc1. The summed E-state index contributed by atoms with van der Waals surface area (Å²) < 4.78 is 47.5. The van der Waals surface area contributed by atoms with Crippen LogP contribution in [0, 0.1) is 5.82 Å². The summed E-state index contributed by atoms with van der Waals surface area (Å²) in [6, 6.07) is 15.3. The van der Waals surface area contributed by atoms with Crippen molar-refractivity contribution in [3.05, 3.63) is 101 Å². The van der Waals surface area contributed by atoms with Crippen molar-refractivity contribution in [3.8, 4) is 17.0 Å². The van der Waals surface area contributed by atoms with Crippen LogP contribution >= 0.6 is 0 Å². The number of aromatic hydroxyl groups is 1. The first-order valence-corrected chi connectivity index (χ1v) is 13.1. The van der Waals surface area contributed by atoms with Gasteiger partial charge in [0, 0.05) is 25.3 Å². The maximum atomic E-state index is 13.6. The molecule has 0 bridgehead atoms. The van der Waals surface area contributed by atoms with Crippen LogP contribution < -0.4 is 5.56 Å². The predicted octanol–water partition coefficient (Wildman–Crippen LogP) is 4.17. The minimum atomic E-state index is -4.47. The third-order valence-electron chi connectivity index (χ3n) is 5.90. The molecule has 0 aliphatic heterocycles. The van der Waals surface area contributed by atoms with Crippen LogP contribution in [0.5, 0.6) is 5.88 Å². The number of methoxy groups -OCH3 is 1. The van der Waals surface area contributed by atoms with Gasteiger partial charge in [0.1, 0.15) is 11.6 Å². The zero-order valence-electron chi connectivity index (χ0n) is 20.3. The molecule has 2 aromatic carbocycles. The Morgan fingerprint density at radius 1 is 1.05 bits per heavy atom. The maximum Gasteiger partial charge on any atom is 0.296 e. The van der Waals surface area contributed by atoms with E-state index in [1.165, 1.54) is 48.2 Å². The van der Waals surface area contributed by atoms with Gasteiger partial charge in [0.2, 0.25) is 15.7 Å². The number of benzene rings is 2. The summed E-state index contributed by atoms with van der Waals surface area (Å²) in [5.74, 6) is -0.974. The lowest BCUT2D eigenvalue weighted by Crippen LogP contribution is -2.29. The molecule has 4 rings (SSSR count). The summed E-state index contributed by atoms with van der Waals surface area (Å²) in [4.78, 5) is 19.9. The number of pyridine rings is 1. The highest BCUT2D eigenvalue weighted by atomic mass is 32.2. The molecule has 1 N–H and O–H groups in total. The Labute approximate surface area is 214 Å². The minimum Gasteiger partial charge on any atom is -0.493 e. The lowest BCUT2D eigenvalue weighted by Gasteiger charge is -2.25. The fraction of sp³-hybridized carbons (Fsp3) is 0.222. The molecule has 37 heavy (non-hydrogen) atoms. The van der Waals surface area contributed by atoms with E-state index in [0.717, 1.165) is 11.8 Å². The Morgan fingerprint density at radius 2 is 1.76 bits per heavy atom. The quantitative estimate of drug-likeness (QED) is 0.350. The molecule has 2 heterocycles. The number of ether oxygens (including phenoxy) is 1. The second-order valence-electron chi connectivity index (χ2n) is 8.41. The van der Waals surface area contributed by atoms with Gasteiger partial charge < -0.3 is 9.84 Å². The Hall–Kier alpha value is -3.89. The second kappa shape index (κ2) is 11.0. The highest BCUT2D eigenvalue weighted by Gasteiger charge is 2.32. The van der Waals surface area contributed by atoms with E-state index in [2.05, 4.69) is 9.97 Å². The van der Waals surface area contributed by atoms with Gasteiger partial charge in [-0.05, 0) is 35.7 Å². The fourth-order valence-electron chi connectivity index (χ4n) is 4.18. The first-order chi connectivity index (χ1) is 17.8. The molecule has 0 amide bonds. The fourth-order valence-corrected chi connectivity index (χ4v) is 5.52. The molecule has 1 unspecified atom stereocenters. The number of halogens is 1. The number of hydrogen-bond acceptors (Lipinski definition) is 7. The van der Waals surface area contributed by atoms with Crippen molar-refractivity contribution in [2.75, 3.05) is 13.7 Å². The van der Waals surface area contributed by atoms with E-state index in [1.54, 1.807) is 0 Å². The predicted molar refractivity (Wildman–Crippen MR) is 136 cm³/mol. The molecule has 0 aliphatic carbocycles. The summed E-state index contributed by atoms with van der Waals surface area (Å²) in [7, 11) is -2.97. The number of aromatic nitrogens is 3. The normalized spacial score (nSPS) is 12.4. The van der Waals surface area contributed by atoms with Crippen LogP contribution in [0.15, 0.2) is 87.6 Å². The Morgan fingerprint density at radius 3 is 2.38 bits per heavy atom. The van der Waals surface area contributed by atoms with Gasteiger partial charge in [-0.2, -0.15) is 4.98 Å². The van der Waals surface area contributed by atoms with Gasteiger partial charge in [-0.3, -0.25) is 14.3 Å². The van der Waals surface area contributed by atoms with Crippen LogP contribution in [-0.4, -0.2) is 41.8 Å². The molecule has 0 saturated carbocycles. The van der Waals surface area contributed by atoms with Crippen molar-refractivity contribution >= 4 is 9.84 Å². The van der Waals surface area contributed by atoms with Crippen molar-refractivity contribution in [3.63, 3.8) is 0 Å². The molecule has 0 radical (unpaired) electrons. The van der Waals surface area contributed by atoms with Crippen LogP contribution in [0.1, 0.15) is 30.8 Å². The molecule has 0 saturated heterocycles. The van der Waals surface area contributed by atoms with Gasteiger partial charge in [0.25, 0.3) is 5.56 Å². The van der Waals surface area contributed by atoms with Crippen LogP contribution in [-0.2, 0) is 21.0 Å². The van der Waals surface area contributed by atoms with Crippen LogP contribution in [0.25, 0.3) is 11.1 Å². The van der Waals surface area contributed by atoms with Gasteiger partial charge in [-0.1, -0.05) is 49.4 Å². The number of rotatable bonds is 9. The molecule has 4 aromatic rings. The van der Waals surface area contributed by atoms with Crippen molar-refractivity contribution in [2.24, 2.45) is 0 Å². The Bertz CT molecular complexity index is 1560. The molecule has 192 valence electrons. The highest BCUT2D eigenvalue weighted by molar-refractivity contribution is 7.91. The van der Waals surface area contributed by atoms with Crippen LogP contribution in [0.4, 0.5) is 4.39 Å². The maximum absolute atomic E-state index is 13.6. The molecule has 1 atom stereocenters. The molecular formula is C27H26FN3O5S. The molecule has 0 aliphatic rings. The van der Waals surface area contributed by atoms with Gasteiger partial charge in [0.05, 0.1) is 23.7 Å². The van der Waals surface area contributed by atoms with Crippen molar-refractivity contribution in [1.29, 1.82) is 0 Å². The van der Waals surface area contributed by atoms with Gasteiger partial charge >= 0.3 is 0 Å². The average molecular weight is 524 g/mol. The Kier molecular flexibility index (Phi) is 7.80. The lowest BCUT2D eigenvalue weighted by molar-refractivity contribution is 0.161. The molecule has 2 aromatic heterocycles. The van der Waals surface area contributed by atoms with Crippen molar-refractivity contribution in [1.82, 2.24) is 14.5 Å². The number of nitrogens with zero attached hydrogens (tertiary/aromatic N) is 3. The van der Waals surface area contributed by atoms with Crippen molar-refractivity contribution in [2.45, 2.75) is 35.6 Å². The molecule has 0 fully saturated rings. The van der Waals surface area contributed by atoms with Gasteiger partial charge in [0.15, 0.2) is 4.90 Å². The molecular weight excluding hydrogens is 497 g/mol. The monoisotopic (exact) mass is 523 g/mol. The standard InChI is InChI=1S/C27H26FN3O5S/c1-3-7-24-30-26(32)25(27(33)31(24)23(17-36-2)19-8-5-4-6-9-19)37(34,35)22-12-10-18(11-13-22)20-14-21(28)16-29-15-20/h4-6,8-16,23,33H,3,7,17H2,1-2H3. The number of sulfone groups is 1. The number of hydrogen-bond donors (Lipinski definition) is 1. The zero-order valence-corrected chi connectivity index (χ0v) is 21.2.